The third-order valence-electron chi connectivity index (χ3n) is 4.12. The third kappa shape index (κ3) is 4.37. The van der Waals surface area contributed by atoms with E-state index < -0.39 is 38.4 Å². The van der Waals surface area contributed by atoms with Crippen LogP contribution in [0.3, 0.4) is 0 Å². The number of aryl methyl sites for hydroxylation is 2. The van der Waals surface area contributed by atoms with Crippen LogP contribution in [0.4, 0.5) is 23.4 Å². The zero-order valence-electron chi connectivity index (χ0n) is 15.2. The fourth-order valence-electron chi connectivity index (χ4n) is 2.85. The van der Waals surface area contributed by atoms with Crippen molar-refractivity contribution in [2.24, 2.45) is 0 Å². The molecule has 1 aromatic carbocycles. The maximum absolute atomic E-state index is 13.5. The van der Waals surface area contributed by atoms with Gasteiger partial charge in [-0.1, -0.05) is 24.3 Å². The Kier molecular flexibility index (Phi) is 5.31. The van der Waals surface area contributed by atoms with Gasteiger partial charge in [0.25, 0.3) is 10.0 Å². The van der Waals surface area contributed by atoms with E-state index in [1.807, 2.05) is 0 Å². The maximum atomic E-state index is 13.5. The largest absolute Gasteiger partial charge is 0.418 e. The molecule has 0 amide bonds. The van der Waals surface area contributed by atoms with Crippen LogP contribution in [-0.2, 0) is 16.2 Å². The molecule has 0 saturated carbocycles. The van der Waals surface area contributed by atoms with Gasteiger partial charge in [-0.2, -0.15) is 26.0 Å². The van der Waals surface area contributed by atoms with Gasteiger partial charge in [0.1, 0.15) is 5.82 Å². The molecule has 0 bridgehead atoms. The number of halogens is 4. The monoisotopic (exact) mass is 425 g/mol. The van der Waals surface area contributed by atoms with Crippen LogP contribution in [0.2, 0.25) is 0 Å². The molecule has 29 heavy (non-hydrogen) atoms. The Morgan fingerprint density at radius 3 is 2.10 bits per heavy atom. The lowest BCUT2D eigenvalue weighted by atomic mass is 9.96. The number of sulfonamides is 1. The summed E-state index contributed by atoms with van der Waals surface area (Å²) in [6.07, 6.45) is -4.70. The van der Waals surface area contributed by atoms with Gasteiger partial charge in [-0.25, -0.2) is 9.97 Å². The van der Waals surface area contributed by atoms with Crippen molar-refractivity contribution >= 4 is 15.8 Å². The van der Waals surface area contributed by atoms with Gasteiger partial charge in [0.15, 0.2) is 5.03 Å². The molecule has 0 aliphatic rings. The Morgan fingerprint density at radius 1 is 0.897 bits per heavy atom. The van der Waals surface area contributed by atoms with E-state index in [-0.39, 0.29) is 11.4 Å². The van der Waals surface area contributed by atoms with Crippen LogP contribution in [0, 0.1) is 19.8 Å². The van der Waals surface area contributed by atoms with Gasteiger partial charge in [0.2, 0.25) is 5.95 Å². The van der Waals surface area contributed by atoms with Gasteiger partial charge in [-0.05, 0) is 49.2 Å². The van der Waals surface area contributed by atoms with Crippen LogP contribution < -0.4 is 4.72 Å². The van der Waals surface area contributed by atoms with E-state index in [2.05, 4.69) is 14.7 Å². The smallest absolute Gasteiger partial charge is 0.262 e. The molecule has 3 rings (SSSR count). The van der Waals surface area contributed by atoms with E-state index in [0.29, 0.717) is 11.1 Å². The maximum Gasteiger partial charge on any atom is 0.418 e. The number of anilines is 1. The molecule has 3 aromatic rings. The molecule has 0 fully saturated rings. The number of alkyl halides is 3. The minimum Gasteiger partial charge on any atom is -0.262 e. The van der Waals surface area contributed by atoms with E-state index in [4.69, 9.17) is 0 Å². The summed E-state index contributed by atoms with van der Waals surface area (Å²) in [6.45, 7) is 3.27. The molecule has 0 spiro atoms. The van der Waals surface area contributed by atoms with E-state index in [1.165, 1.54) is 0 Å². The average Bonchev–Trinajstić information content (AvgIpc) is 2.60. The normalized spacial score (nSPS) is 12.1. The molecule has 0 radical (unpaired) electrons. The molecular formula is C19H15F4N3O2S. The van der Waals surface area contributed by atoms with Crippen LogP contribution in [0.5, 0.6) is 0 Å². The standard InChI is InChI=1S/C19H15F4N3O2S/c1-11-5-3-6-12(2)17(11)18-13(19(21,22)23)9-10-15(25-18)26-29(27,28)16-8-4-7-14(20)24-16/h3-10H,1-2H3,(H,25,26). The van der Waals surface area contributed by atoms with Crippen molar-refractivity contribution in [2.45, 2.75) is 25.0 Å². The van der Waals surface area contributed by atoms with E-state index in [9.17, 15) is 26.0 Å². The highest BCUT2D eigenvalue weighted by atomic mass is 32.2. The Labute approximate surface area is 164 Å². The zero-order chi connectivity index (χ0) is 21.4. The molecule has 5 nitrogen and oxygen atoms in total. The predicted molar refractivity (Wildman–Crippen MR) is 99.2 cm³/mol. The molecule has 2 aromatic heterocycles. The second-order valence-corrected chi connectivity index (χ2v) is 7.89. The summed E-state index contributed by atoms with van der Waals surface area (Å²) in [5, 5.41) is -0.618. The number of nitrogens with zero attached hydrogens (tertiary/aromatic N) is 2. The van der Waals surface area contributed by atoms with Gasteiger partial charge in [0.05, 0.1) is 11.3 Å². The summed E-state index contributed by atoms with van der Waals surface area (Å²) < 4.78 is 80.8. The van der Waals surface area contributed by atoms with Crippen molar-refractivity contribution in [1.29, 1.82) is 0 Å². The Morgan fingerprint density at radius 2 is 1.52 bits per heavy atom. The number of aromatic nitrogens is 2. The molecule has 0 aliphatic heterocycles. The minimum atomic E-state index is -4.70. The summed E-state index contributed by atoms with van der Waals surface area (Å²) in [5.41, 5.74) is -0.0448. The highest BCUT2D eigenvalue weighted by molar-refractivity contribution is 7.92. The van der Waals surface area contributed by atoms with Crippen LogP contribution in [0.1, 0.15) is 16.7 Å². The van der Waals surface area contributed by atoms with Crippen molar-refractivity contribution in [2.75, 3.05) is 4.72 Å². The first kappa shape index (κ1) is 20.7. The van der Waals surface area contributed by atoms with Crippen molar-refractivity contribution in [1.82, 2.24) is 9.97 Å². The Balaban J connectivity index is 2.14. The second-order valence-electron chi connectivity index (χ2n) is 6.26. The lowest BCUT2D eigenvalue weighted by Gasteiger charge is -2.17. The molecule has 0 unspecified atom stereocenters. The predicted octanol–water partition coefficient (Wildman–Crippen LogP) is 4.72. The summed E-state index contributed by atoms with van der Waals surface area (Å²) in [7, 11) is -4.35. The number of hydrogen-bond donors (Lipinski definition) is 1. The molecule has 10 heteroatoms. The molecule has 2 heterocycles. The number of benzene rings is 1. The lowest BCUT2D eigenvalue weighted by molar-refractivity contribution is -0.137. The fraction of sp³-hybridized carbons (Fsp3) is 0.158. The highest BCUT2D eigenvalue weighted by Gasteiger charge is 2.35. The van der Waals surface area contributed by atoms with Crippen molar-refractivity contribution < 1.29 is 26.0 Å². The van der Waals surface area contributed by atoms with Gasteiger partial charge in [0, 0.05) is 5.56 Å². The first-order valence-electron chi connectivity index (χ1n) is 8.29. The number of rotatable bonds is 4. The van der Waals surface area contributed by atoms with Gasteiger partial charge < -0.3 is 0 Å². The summed E-state index contributed by atoms with van der Waals surface area (Å²) in [5.74, 6) is -1.36. The van der Waals surface area contributed by atoms with Gasteiger partial charge in [-0.15, -0.1) is 0 Å². The van der Waals surface area contributed by atoms with E-state index in [1.54, 1.807) is 32.0 Å². The number of hydrogen-bond acceptors (Lipinski definition) is 4. The van der Waals surface area contributed by atoms with Crippen LogP contribution in [-0.4, -0.2) is 18.4 Å². The molecule has 1 N–H and O–H groups in total. The molecule has 0 aliphatic carbocycles. The van der Waals surface area contributed by atoms with Crippen molar-refractivity contribution in [3.05, 3.63) is 71.2 Å². The highest BCUT2D eigenvalue weighted by Crippen LogP contribution is 2.39. The van der Waals surface area contributed by atoms with Crippen molar-refractivity contribution in [3.8, 4) is 11.3 Å². The molecular weight excluding hydrogens is 410 g/mol. The summed E-state index contributed by atoms with van der Waals surface area (Å²) in [4.78, 5) is 7.21. The van der Waals surface area contributed by atoms with E-state index >= 15 is 0 Å². The lowest BCUT2D eigenvalue weighted by Crippen LogP contribution is -2.17. The van der Waals surface area contributed by atoms with Crippen LogP contribution in [0.15, 0.2) is 53.6 Å². The summed E-state index contributed by atoms with van der Waals surface area (Å²) >= 11 is 0. The second kappa shape index (κ2) is 7.43. The fourth-order valence-corrected chi connectivity index (χ4v) is 3.81. The van der Waals surface area contributed by atoms with E-state index in [0.717, 1.165) is 30.3 Å². The van der Waals surface area contributed by atoms with Crippen LogP contribution in [0.25, 0.3) is 11.3 Å². The van der Waals surface area contributed by atoms with Crippen molar-refractivity contribution in [3.63, 3.8) is 0 Å². The Bertz CT molecular complexity index is 1160. The zero-order valence-corrected chi connectivity index (χ0v) is 16.1. The molecule has 152 valence electrons. The Hall–Kier alpha value is -3.01. The molecule has 0 atom stereocenters. The number of pyridine rings is 2. The average molecular weight is 425 g/mol. The number of nitrogens with one attached hydrogen (secondary N) is 1. The van der Waals surface area contributed by atoms with Gasteiger partial charge >= 0.3 is 6.18 Å². The molecule has 0 saturated heterocycles. The van der Waals surface area contributed by atoms with Gasteiger partial charge in [-0.3, -0.25) is 4.72 Å². The van der Waals surface area contributed by atoms with Crippen LogP contribution >= 0.6 is 0 Å². The minimum absolute atomic E-state index is 0.254. The quantitative estimate of drug-likeness (QED) is 0.485. The first-order chi connectivity index (χ1) is 13.5. The first-order valence-corrected chi connectivity index (χ1v) is 9.77. The SMILES string of the molecule is Cc1cccc(C)c1-c1nc(NS(=O)(=O)c2cccc(F)n2)ccc1C(F)(F)F. The summed E-state index contributed by atoms with van der Waals surface area (Å²) in [6, 6.07) is 9.80. The third-order valence-corrected chi connectivity index (χ3v) is 5.38. The topological polar surface area (TPSA) is 72.0 Å².